The standard InChI is InChI=1S/C16H21N3O3/c1-22-12-15(20)7-9-17-16(21)14-5-3-13(4-6-14)11-19-10-2-8-18-19/h2-6,8,10,15,20H,7,9,11-12H2,1H3,(H,17,21). The molecule has 0 aliphatic carbocycles. The van der Waals surface area contributed by atoms with Gasteiger partial charge < -0.3 is 15.2 Å². The summed E-state index contributed by atoms with van der Waals surface area (Å²) in [5.41, 5.74) is 1.68. The lowest BCUT2D eigenvalue weighted by atomic mass is 10.1. The number of hydrogen-bond donors (Lipinski definition) is 2. The summed E-state index contributed by atoms with van der Waals surface area (Å²) in [6.07, 6.45) is 3.55. The summed E-state index contributed by atoms with van der Waals surface area (Å²) in [6.45, 7) is 1.37. The number of carbonyl (C=O) groups is 1. The first kappa shape index (κ1) is 16.2. The van der Waals surface area contributed by atoms with E-state index in [-0.39, 0.29) is 12.5 Å². The van der Waals surface area contributed by atoms with Crippen molar-refractivity contribution in [1.82, 2.24) is 15.1 Å². The molecular weight excluding hydrogens is 282 g/mol. The number of aliphatic hydroxyl groups is 1. The van der Waals surface area contributed by atoms with Crippen LogP contribution < -0.4 is 5.32 Å². The molecule has 1 atom stereocenters. The summed E-state index contributed by atoms with van der Waals surface area (Å²) >= 11 is 0. The quantitative estimate of drug-likeness (QED) is 0.764. The van der Waals surface area contributed by atoms with Crippen LogP contribution in [0.4, 0.5) is 0 Å². The molecule has 118 valence electrons. The molecule has 2 aromatic rings. The fourth-order valence-electron chi connectivity index (χ4n) is 2.07. The number of rotatable bonds is 8. The summed E-state index contributed by atoms with van der Waals surface area (Å²) in [7, 11) is 1.53. The summed E-state index contributed by atoms with van der Waals surface area (Å²) in [4.78, 5) is 12.0. The Morgan fingerprint density at radius 2 is 2.18 bits per heavy atom. The predicted octanol–water partition coefficient (Wildman–Crippen LogP) is 1.06. The summed E-state index contributed by atoms with van der Waals surface area (Å²) in [5, 5.41) is 16.4. The summed E-state index contributed by atoms with van der Waals surface area (Å²) in [6, 6.07) is 9.28. The molecule has 1 aromatic carbocycles. The molecule has 6 heteroatoms. The van der Waals surface area contributed by atoms with E-state index in [1.807, 2.05) is 29.1 Å². The number of benzene rings is 1. The van der Waals surface area contributed by atoms with Gasteiger partial charge >= 0.3 is 0 Å². The Hall–Kier alpha value is -2.18. The van der Waals surface area contributed by atoms with E-state index in [1.165, 1.54) is 7.11 Å². The summed E-state index contributed by atoms with van der Waals surface area (Å²) in [5.74, 6) is -0.143. The van der Waals surface area contributed by atoms with E-state index < -0.39 is 6.10 Å². The molecule has 0 saturated carbocycles. The Balaban J connectivity index is 1.80. The molecule has 2 rings (SSSR count). The minimum absolute atomic E-state index is 0.143. The van der Waals surface area contributed by atoms with Crippen LogP contribution in [0.25, 0.3) is 0 Å². The average molecular weight is 303 g/mol. The fraction of sp³-hybridized carbons (Fsp3) is 0.375. The number of nitrogens with one attached hydrogen (secondary N) is 1. The molecule has 0 radical (unpaired) electrons. The topological polar surface area (TPSA) is 76.4 Å². The molecule has 6 nitrogen and oxygen atoms in total. The number of hydrogen-bond acceptors (Lipinski definition) is 4. The summed E-state index contributed by atoms with van der Waals surface area (Å²) < 4.78 is 6.66. The molecule has 0 saturated heterocycles. The first-order valence-corrected chi connectivity index (χ1v) is 7.20. The molecule has 2 N–H and O–H groups in total. The second kappa shape index (κ2) is 8.31. The zero-order valence-electron chi connectivity index (χ0n) is 12.6. The van der Waals surface area contributed by atoms with Crippen molar-refractivity contribution < 1.29 is 14.6 Å². The highest BCUT2D eigenvalue weighted by Crippen LogP contribution is 2.06. The third-order valence-electron chi connectivity index (χ3n) is 3.24. The number of nitrogens with zero attached hydrogens (tertiary/aromatic N) is 2. The van der Waals surface area contributed by atoms with Gasteiger partial charge in [0.05, 0.1) is 19.3 Å². The van der Waals surface area contributed by atoms with Crippen LogP contribution in [0.5, 0.6) is 0 Å². The molecule has 0 spiro atoms. The number of carbonyl (C=O) groups excluding carboxylic acids is 1. The molecular formula is C16H21N3O3. The van der Waals surface area contributed by atoms with Crippen LogP contribution in [0.3, 0.4) is 0 Å². The molecule has 1 amide bonds. The molecule has 1 unspecified atom stereocenters. The second-order valence-electron chi connectivity index (χ2n) is 5.05. The van der Waals surface area contributed by atoms with Crippen LogP contribution in [0.2, 0.25) is 0 Å². The van der Waals surface area contributed by atoms with Gasteiger partial charge in [0.2, 0.25) is 0 Å². The molecule has 22 heavy (non-hydrogen) atoms. The van der Waals surface area contributed by atoms with Crippen molar-refractivity contribution in [3.8, 4) is 0 Å². The van der Waals surface area contributed by atoms with E-state index in [0.717, 1.165) is 5.56 Å². The Morgan fingerprint density at radius 1 is 1.41 bits per heavy atom. The van der Waals surface area contributed by atoms with Gasteiger partial charge in [-0.3, -0.25) is 9.48 Å². The smallest absolute Gasteiger partial charge is 0.251 e. The van der Waals surface area contributed by atoms with E-state index in [2.05, 4.69) is 10.4 Å². The van der Waals surface area contributed by atoms with Crippen LogP contribution in [-0.2, 0) is 11.3 Å². The van der Waals surface area contributed by atoms with Gasteiger partial charge in [0.1, 0.15) is 0 Å². The van der Waals surface area contributed by atoms with Crippen molar-refractivity contribution in [2.75, 3.05) is 20.3 Å². The number of methoxy groups -OCH3 is 1. The molecule has 0 aliphatic rings. The normalized spacial score (nSPS) is 12.1. The van der Waals surface area contributed by atoms with Crippen molar-refractivity contribution >= 4 is 5.91 Å². The highest BCUT2D eigenvalue weighted by molar-refractivity contribution is 5.94. The van der Waals surface area contributed by atoms with E-state index in [9.17, 15) is 9.90 Å². The van der Waals surface area contributed by atoms with Crippen molar-refractivity contribution in [2.45, 2.75) is 19.1 Å². The SMILES string of the molecule is COCC(O)CCNC(=O)c1ccc(Cn2cccn2)cc1. The van der Waals surface area contributed by atoms with Gasteiger partial charge in [-0.2, -0.15) is 5.10 Å². The predicted molar refractivity (Wildman–Crippen MR) is 82.6 cm³/mol. The third kappa shape index (κ3) is 4.98. The third-order valence-corrected chi connectivity index (χ3v) is 3.24. The van der Waals surface area contributed by atoms with Gasteiger partial charge in [0.15, 0.2) is 0 Å². The molecule has 0 bridgehead atoms. The first-order valence-electron chi connectivity index (χ1n) is 7.20. The maximum Gasteiger partial charge on any atom is 0.251 e. The van der Waals surface area contributed by atoms with Crippen molar-refractivity contribution in [3.63, 3.8) is 0 Å². The van der Waals surface area contributed by atoms with E-state index in [0.29, 0.717) is 25.1 Å². The number of aliphatic hydroxyl groups excluding tert-OH is 1. The Labute approximate surface area is 129 Å². The van der Waals surface area contributed by atoms with Crippen LogP contribution in [0.1, 0.15) is 22.3 Å². The van der Waals surface area contributed by atoms with E-state index in [1.54, 1.807) is 18.3 Å². The van der Waals surface area contributed by atoms with Crippen LogP contribution in [-0.4, -0.2) is 47.2 Å². The lowest BCUT2D eigenvalue weighted by Gasteiger charge is -2.10. The van der Waals surface area contributed by atoms with E-state index >= 15 is 0 Å². The van der Waals surface area contributed by atoms with Gasteiger partial charge in [0, 0.05) is 31.6 Å². The zero-order valence-corrected chi connectivity index (χ0v) is 12.6. The van der Waals surface area contributed by atoms with Crippen molar-refractivity contribution in [1.29, 1.82) is 0 Å². The Bertz CT molecular complexity index is 567. The number of amides is 1. The highest BCUT2D eigenvalue weighted by Gasteiger charge is 2.07. The van der Waals surface area contributed by atoms with Crippen LogP contribution in [0.15, 0.2) is 42.7 Å². The van der Waals surface area contributed by atoms with Gasteiger partial charge in [-0.25, -0.2) is 0 Å². The van der Waals surface area contributed by atoms with Gasteiger partial charge in [-0.05, 0) is 30.2 Å². The molecule has 0 fully saturated rings. The van der Waals surface area contributed by atoms with Crippen LogP contribution in [0, 0.1) is 0 Å². The maximum absolute atomic E-state index is 12.0. The maximum atomic E-state index is 12.0. The minimum atomic E-state index is -0.554. The lowest BCUT2D eigenvalue weighted by Crippen LogP contribution is -2.28. The van der Waals surface area contributed by atoms with E-state index in [4.69, 9.17) is 4.74 Å². The zero-order chi connectivity index (χ0) is 15.8. The molecule has 1 aromatic heterocycles. The van der Waals surface area contributed by atoms with Gasteiger partial charge in [0.25, 0.3) is 5.91 Å². The van der Waals surface area contributed by atoms with Crippen LogP contribution >= 0.6 is 0 Å². The Morgan fingerprint density at radius 3 is 2.82 bits per heavy atom. The Kier molecular flexibility index (Phi) is 6.12. The average Bonchev–Trinajstić information content (AvgIpc) is 3.01. The van der Waals surface area contributed by atoms with Gasteiger partial charge in [-0.1, -0.05) is 12.1 Å². The van der Waals surface area contributed by atoms with Gasteiger partial charge in [-0.15, -0.1) is 0 Å². The minimum Gasteiger partial charge on any atom is -0.391 e. The van der Waals surface area contributed by atoms with Crippen molar-refractivity contribution in [3.05, 3.63) is 53.9 Å². The number of ether oxygens (including phenoxy) is 1. The monoisotopic (exact) mass is 303 g/mol. The first-order chi connectivity index (χ1) is 10.7. The highest BCUT2D eigenvalue weighted by atomic mass is 16.5. The largest absolute Gasteiger partial charge is 0.391 e. The molecule has 1 heterocycles. The second-order valence-corrected chi connectivity index (χ2v) is 5.05. The van der Waals surface area contributed by atoms with Crippen molar-refractivity contribution in [2.24, 2.45) is 0 Å². The number of aromatic nitrogens is 2. The molecule has 0 aliphatic heterocycles. The lowest BCUT2D eigenvalue weighted by molar-refractivity contribution is 0.0587. The fourth-order valence-corrected chi connectivity index (χ4v) is 2.07.